The number of ether oxygens (including phenoxy) is 2. The largest absolute Gasteiger partial charge is 0.497 e. The van der Waals surface area contributed by atoms with Gasteiger partial charge >= 0.3 is 5.97 Å². The maximum Gasteiger partial charge on any atom is 0.340 e. The topological polar surface area (TPSA) is 57.5 Å². The van der Waals surface area contributed by atoms with Gasteiger partial charge in [-0.15, -0.1) is 0 Å². The summed E-state index contributed by atoms with van der Waals surface area (Å²) in [5.41, 5.74) is 1.69. The van der Waals surface area contributed by atoms with Crippen molar-refractivity contribution in [3.8, 4) is 5.75 Å². The van der Waals surface area contributed by atoms with E-state index in [4.69, 9.17) is 9.47 Å². The Morgan fingerprint density at radius 3 is 2.43 bits per heavy atom. The number of hydrogen-bond acceptors (Lipinski definition) is 4. The molecule has 0 aliphatic rings. The molecule has 3 rings (SSSR count). The molecule has 1 heterocycles. The van der Waals surface area contributed by atoms with E-state index >= 15 is 0 Å². The van der Waals surface area contributed by atoms with Gasteiger partial charge in [-0.25, -0.2) is 4.79 Å². The monoisotopic (exact) mass is 441 g/mol. The molecule has 0 aliphatic carbocycles. The Bertz CT molecular complexity index is 1110. The summed E-state index contributed by atoms with van der Waals surface area (Å²) >= 11 is 3.42. The second kappa shape index (κ2) is 8.44. The van der Waals surface area contributed by atoms with E-state index in [1.165, 1.54) is 11.7 Å². The lowest BCUT2D eigenvalue weighted by molar-refractivity contribution is 0.0601. The standard InChI is InChI=1S/C22H20BrNO4/c1-4-11-24-19(12-14-5-7-15(23)8-6-14)20(22(26)28-3)18-13-16(27-2)9-10-17(18)21(24)25/h4-11,13H,12H2,1-3H3/b11-4+. The molecule has 0 aliphatic heterocycles. The quantitative estimate of drug-likeness (QED) is 0.541. The third kappa shape index (κ3) is 3.73. The number of halogens is 1. The average molecular weight is 442 g/mol. The molecule has 0 radical (unpaired) electrons. The molecule has 0 spiro atoms. The van der Waals surface area contributed by atoms with Crippen LogP contribution in [0.5, 0.6) is 5.75 Å². The number of aromatic nitrogens is 1. The van der Waals surface area contributed by atoms with Crippen molar-refractivity contribution in [3.63, 3.8) is 0 Å². The third-order valence-corrected chi connectivity index (χ3v) is 5.03. The van der Waals surface area contributed by atoms with Crippen molar-refractivity contribution in [2.24, 2.45) is 0 Å². The van der Waals surface area contributed by atoms with Crippen LogP contribution in [0.15, 0.2) is 57.8 Å². The minimum Gasteiger partial charge on any atom is -0.497 e. The molecule has 0 fully saturated rings. The summed E-state index contributed by atoms with van der Waals surface area (Å²) in [6, 6.07) is 12.8. The average Bonchev–Trinajstić information content (AvgIpc) is 2.71. The van der Waals surface area contributed by atoms with E-state index in [0.717, 1.165) is 10.0 Å². The van der Waals surface area contributed by atoms with Gasteiger partial charge in [-0.2, -0.15) is 0 Å². The van der Waals surface area contributed by atoms with E-state index in [2.05, 4.69) is 15.9 Å². The Kier molecular flexibility index (Phi) is 5.99. The number of rotatable bonds is 5. The molecule has 0 saturated heterocycles. The van der Waals surface area contributed by atoms with Gasteiger partial charge < -0.3 is 9.47 Å². The summed E-state index contributed by atoms with van der Waals surface area (Å²) in [4.78, 5) is 25.9. The van der Waals surface area contributed by atoms with Gasteiger partial charge in [-0.3, -0.25) is 9.36 Å². The molecule has 0 N–H and O–H groups in total. The Morgan fingerprint density at radius 2 is 1.82 bits per heavy atom. The Balaban J connectivity index is 2.40. The molecular formula is C22H20BrNO4. The molecule has 6 heteroatoms. The lowest BCUT2D eigenvalue weighted by atomic mass is 9.98. The first-order valence-electron chi connectivity index (χ1n) is 8.70. The fourth-order valence-corrected chi connectivity index (χ4v) is 3.44. The van der Waals surface area contributed by atoms with Crippen LogP contribution in [0.2, 0.25) is 0 Å². The number of carbonyl (C=O) groups excluding carboxylic acids is 1. The SMILES string of the molecule is C/C=C/n1c(Cc2ccc(Br)cc2)c(C(=O)OC)c2cc(OC)ccc2c1=O. The van der Waals surface area contributed by atoms with Gasteiger partial charge in [0.15, 0.2) is 0 Å². The molecule has 5 nitrogen and oxygen atoms in total. The number of hydrogen-bond donors (Lipinski definition) is 0. The highest BCUT2D eigenvalue weighted by Gasteiger charge is 2.22. The van der Waals surface area contributed by atoms with Crippen LogP contribution in [-0.2, 0) is 11.2 Å². The molecule has 0 amide bonds. The van der Waals surface area contributed by atoms with Crippen LogP contribution in [0.1, 0.15) is 28.5 Å². The van der Waals surface area contributed by atoms with Gasteiger partial charge in [0.05, 0.1) is 19.8 Å². The highest BCUT2D eigenvalue weighted by atomic mass is 79.9. The molecule has 0 atom stereocenters. The predicted octanol–water partition coefficient (Wildman–Crippen LogP) is 4.64. The van der Waals surface area contributed by atoms with Gasteiger partial charge in [-0.1, -0.05) is 34.1 Å². The lowest BCUT2D eigenvalue weighted by Gasteiger charge is -2.17. The Morgan fingerprint density at radius 1 is 1.11 bits per heavy atom. The van der Waals surface area contributed by atoms with Gasteiger partial charge in [0.25, 0.3) is 5.56 Å². The first-order chi connectivity index (χ1) is 13.5. The number of methoxy groups -OCH3 is 2. The van der Waals surface area contributed by atoms with Gasteiger partial charge in [0.1, 0.15) is 5.75 Å². The third-order valence-electron chi connectivity index (χ3n) is 4.50. The summed E-state index contributed by atoms with van der Waals surface area (Å²) in [5, 5.41) is 0.947. The molecule has 1 aromatic heterocycles. The second-order valence-corrected chi connectivity index (χ2v) is 7.10. The summed E-state index contributed by atoms with van der Waals surface area (Å²) in [6.07, 6.45) is 3.83. The number of pyridine rings is 1. The smallest absolute Gasteiger partial charge is 0.340 e. The number of allylic oxidation sites excluding steroid dienone is 1. The maximum atomic E-state index is 13.2. The zero-order chi connectivity index (χ0) is 20.3. The van der Waals surface area contributed by atoms with Crippen LogP contribution in [0.4, 0.5) is 0 Å². The number of carbonyl (C=O) groups is 1. The molecule has 144 valence electrons. The van der Waals surface area contributed by atoms with Crippen molar-refractivity contribution in [2.75, 3.05) is 14.2 Å². The van der Waals surface area contributed by atoms with E-state index in [1.54, 1.807) is 37.6 Å². The second-order valence-electron chi connectivity index (χ2n) is 6.19. The normalized spacial score (nSPS) is 11.1. The highest BCUT2D eigenvalue weighted by molar-refractivity contribution is 9.10. The minimum absolute atomic E-state index is 0.199. The fourth-order valence-electron chi connectivity index (χ4n) is 3.18. The zero-order valence-corrected chi connectivity index (χ0v) is 17.4. The van der Waals surface area contributed by atoms with Crippen LogP contribution >= 0.6 is 15.9 Å². The molecule has 0 bridgehead atoms. The summed E-state index contributed by atoms with van der Waals surface area (Å²) in [5.74, 6) is 0.0686. The van der Waals surface area contributed by atoms with E-state index in [0.29, 0.717) is 34.2 Å². The lowest BCUT2D eigenvalue weighted by Crippen LogP contribution is -2.24. The minimum atomic E-state index is -0.497. The van der Waals surface area contributed by atoms with Crippen molar-refractivity contribution < 1.29 is 14.3 Å². The van der Waals surface area contributed by atoms with E-state index in [9.17, 15) is 9.59 Å². The number of benzene rings is 2. The summed E-state index contributed by atoms with van der Waals surface area (Å²) < 4.78 is 12.8. The Labute approximate surface area is 171 Å². The number of nitrogens with zero attached hydrogens (tertiary/aromatic N) is 1. The first-order valence-corrected chi connectivity index (χ1v) is 9.50. The van der Waals surface area contributed by atoms with Crippen LogP contribution in [0.3, 0.4) is 0 Å². The van der Waals surface area contributed by atoms with E-state index in [-0.39, 0.29) is 5.56 Å². The van der Waals surface area contributed by atoms with Crippen LogP contribution < -0.4 is 10.3 Å². The van der Waals surface area contributed by atoms with Crippen LogP contribution in [0, 0.1) is 0 Å². The highest BCUT2D eigenvalue weighted by Crippen LogP contribution is 2.27. The van der Waals surface area contributed by atoms with Crippen molar-refractivity contribution >= 4 is 38.9 Å². The molecular weight excluding hydrogens is 422 g/mol. The van der Waals surface area contributed by atoms with Gasteiger partial charge in [0.2, 0.25) is 0 Å². The van der Waals surface area contributed by atoms with Gasteiger partial charge in [0, 0.05) is 33.6 Å². The number of fused-ring (bicyclic) bond motifs is 1. The van der Waals surface area contributed by atoms with E-state index < -0.39 is 5.97 Å². The predicted molar refractivity (Wildman–Crippen MR) is 114 cm³/mol. The summed E-state index contributed by atoms with van der Waals surface area (Å²) in [7, 11) is 2.88. The fraction of sp³-hybridized carbons (Fsp3) is 0.182. The molecule has 2 aromatic carbocycles. The first kappa shape index (κ1) is 19.9. The Hall–Kier alpha value is -2.86. The molecule has 28 heavy (non-hydrogen) atoms. The molecule has 0 unspecified atom stereocenters. The van der Waals surface area contributed by atoms with E-state index in [1.807, 2.05) is 31.2 Å². The van der Waals surface area contributed by atoms with Crippen LogP contribution in [-0.4, -0.2) is 24.8 Å². The van der Waals surface area contributed by atoms with Crippen molar-refractivity contribution in [1.82, 2.24) is 4.57 Å². The molecule has 3 aromatic rings. The van der Waals surface area contributed by atoms with Crippen LogP contribution in [0.25, 0.3) is 17.0 Å². The summed E-state index contributed by atoms with van der Waals surface area (Å²) in [6.45, 7) is 1.83. The number of esters is 1. The van der Waals surface area contributed by atoms with Crippen molar-refractivity contribution in [3.05, 3.63) is 80.2 Å². The van der Waals surface area contributed by atoms with Crippen molar-refractivity contribution in [1.29, 1.82) is 0 Å². The maximum absolute atomic E-state index is 13.2. The zero-order valence-electron chi connectivity index (χ0n) is 15.9. The van der Waals surface area contributed by atoms with Gasteiger partial charge in [-0.05, 0) is 42.8 Å². The molecule has 0 saturated carbocycles. The van der Waals surface area contributed by atoms with Crippen molar-refractivity contribution in [2.45, 2.75) is 13.3 Å².